The van der Waals surface area contributed by atoms with Crippen molar-refractivity contribution in [2.45, 2.75) is 31.8 Å². The van der Waals surface area contributed by atoms with Crippen LogP contribution in [0.15, 0.2) is 18.2 Å². The molecule has 0 aliphatic carbocycles. The van der Waals surface area contributed by atoms with Gasteiger partial charge in [0.2, 0.25) is 0 Å². The number of rotatable bonds is 2. The zero-order chi connectivity index (χ0) is 10.1. The number of benzene rings is 1. The summed E-state index contributed by atoms with van der Waals surface area (Å²) in [5.74, 6) is -0.160. The van der Waals surface area contributed by atoms with E-state index in [4.69, 9.17) is 5.73 Å². The van der Waals surface area contributed by atoms with Crippen LogP contribution in [0.5, 0.6) is 0 Å². The highest BCUT2D eigenvalue weighted by Crippen LogP contribution is 2.27. The largest absolute Gasteiger partial charge is 0.382 e. The van der Waals surface area contributed by atoms with Gasteiger partial charge in [-0.05, 0) is 43.5 Å². The molecular formula is C11H15FN2. The number of hydrogen-bond acceptors (Lipinski definition) is 2. The molecule has 0 saturated heterocycles. The van der Waals surface area contributed by atoms with E-state index in [1.54, 1.807) is 12.1 Å². The molecule has 0 spiro atoms. The normalized spacial score (nSPS) is 21.5. The summed E-state index contributed by atoms with van der Waals surface area (Å²) in [6, 6.07) is 5.44. The van der Waals surface area contributed by atoms with Crippen molar-refractivity contribution in [3.05, 3.63) is 29.6 Å². The van der Waals surface area contributed by atoms with Crippen LogP contribution in [0.25, 0.3) is 0 Å². The number of anilines is 1. The van der Waals surface area contributed by atoms with Crippen molar-refractivity contribution in [1.29, 1.82) is 0 Å². The van der Waals surface area contributed by atoms with Gasteiger partial charge >= 0.3 is 0 Å². The fraction of sp³-hybridized carbons (Fsp3) is 0.455. The maximum absolute atomic E-state index is 12.9. The second kappa shape index (κ2) is 3.58. The molecule has 76 valence electrons. The molecule has 1 aliphatic rings. The first-order valence-electron chi connectivity index (χ1n) is 4.95. The smallest absolute Gasteiger partial charge is 0.123 e. The number of nitrogens with two attached hydrogens (primary N) is 1. The molecule has 0 amide bonds. The van der Waals surface area contributed by atoms with Crippen molar-refractivity contribution in [2.75, 3.05) is 5.32 Å². The molecule has 2 nitrogen and oxygen atoms in total. The van der Waals surface area contributed by atoms with Gasteiger partial charge in [0.1, 0.15) is 5.82 Å². The Bertz CT molecular complexity index is 336. The Kier molecular flexibility index (Phi) is 2.42. The molecule has 1 aliphatic heterocycles. The van der Waals surface area contributed by atoms with Crippen LogP contribution in [-0.4, -0.2) is 12.1 Å². The van der Waals surface area contributed by atoms with Crippen molar-refractivity contribution in [2.24, 2.45) is 5.73 Å². The Hall–Kier alpha value is -1.09. The van der Waals surface area contributed by atoms with Crippen LogP contribution in [0.3, 0.4) is 0 Å². The minimum absolute atomic E-state index is 0.160. The average molecular weight is 194 g/mol. The van der Waals surface area contributed by atoms with E-state index in [1.807, 2.05) is 6.92 Å². The summed E-state index contributed by atoms with van der Waals surface area (Å²) in [5, 5.41) is 3.35. The molecule has 1 aromatic rings. The van der Waals surface area contributed by atoms with Gasteiger partial charge in [-0.1, -0.05) is 0 Å². The Morgan fingerprint density at radius 3 is 3.14 bits per heavy atom. The lowest BCUT2D eigenvalue weighted by Gasteiger charge is -2.13. The zero-order valence-electron chi connectivity index (χ0n) is 8.26. The number of fused-ring (bicyclic) bond motifs is 1. The molecule has 3 heteroatoms. The molecule has 0 aromatic heterocycles. The summed E-state index contributed by atoms with van der Waals surface area (Å²) in [6.07, 6.45) is 1.81. The Labute approximate surface area is 83.3 Å². The highest BCUT2D eigenvalue weighted by atomic mass is 19.1. The van der Waals surface area contributed by atoms with Gasteiger partial charge in [-0.3, -0.25) is 0 Å². The lowest BCUT2D eigenvalue weighted by Crippen LogP contribution is -2.26. The van der Waals surface area contributed by atoms with E-state index in [0.717, 1.165) is 24.1 Å². The van der Waals surface area contributed by atoms with E-state index in [0.29, 0.717) is 6.04 Å². The van der Waals surface area contributed by atoms with Crippen LogP contribution in [0, 0.1) is 5.82 Å². The summed E-state index contributed by atoms with van der Waals surface area (Å²) >= 11 is 0. The predicted molar refractivity (Wildman–Crippen MR) is 55.8 cm³/mol. The molecule has 2 atom stereocenters. The maximum atomic E-state index is 12.9. The van der Waals surface area contributed by atoms with Gasteiger partial charge in [-0.25, -0.2) is 4.39 Å². The SMILES string of the molecule is CC(N)CC1Cc2cc(F)ccc2N1. The summed E-state index contributed by atoms with van der Waals surface area (Å²) < 4.78 is 12.9. The van der Waals surface area contributed by atoms with E-state index < -0.39 is 0 Å². The second-order valence-electron chi connectivity index (χ2n) is 4.06. The molecule has 0 fully saturated rings. The molecule has 14 heavy (non-hydrogen) atoms. The van der Waals surface area contributed by atoms with Gasteiger partial charge in [0.05, 0.1) is 0 Å². The molecule has 1 heterocycles. The zero-order valence-corrected chi connectivity index (χ0v) is 8.26. The first-order valence-corrected chi connectivity index (χ1v) is 4.95. The standard InChI is InChI=1S/C11H15FN2/c1-7(13)4-10-6-8-5-9(12)2-3-11(8)14-10/h2-3,5,7,10,14H,4,6,13H2,1H3. The van der Waals surface area contributed by atoms with Gasteiger partial charge in [0.15, 0.2) is 0 Å². The summed E-state index contributed by atoms with van der Waals surface area (Å²) in [4.78, 5) is 0. The maximum Gasteiger partial charge on any atom is 0.123 e. The monoisotopic (exact) mass is 194 g/mol. The third kappa shape index (κ3) is 1.87. The Morgan fingerprint density at radius 2 is 2.43 bits per heavy atom. The van der Waals surface area contributed by atoms with Crippen LogP contribution in [0.4, 0.5) is 10.1 Å². The summed E-state index contributed by atoms with van der Waals surface area (Å²) in [7, 11) is 0. The van der Waals surface area contributed by atoms with E-state index in [9.17, 15) is 4.39 Å². The quantitative estimate of drug-likeness (QED) is 0.754. The lowest BCUT2D eigenvalue weighted by molar-refractivity contribution is 0.585. The summed E-state index contributed by atoms with van der Waals surface area (Å²) in [6.45, 7) is 1.99. The summed E-state index contributed by atoms with van der Waals surface area (Å²) in [5.41, 5.74) is 7.84. The fourth-order valence-corrected chi connectivity index (χ4v) is 2.00. The highest BCUT2D eigenvalue weighted by Gasteiger charge is 2.21. The van der Waals surface area contributed by atoms with Crippen LogP contribution >= 0.6 is 0 Å². The molecule has 0 bridgehead atoms. The number of nitrogens with one attached hydrogen (secondary N) is 1. The fourth-order valence-electron chi connectivity index (χ4n) is 2.00. The van der Waals surface area contributed by atoms with Gasteiger partial charge in [0, 0.05) is 17.8 Å². The molecule has 2 rings (SSSR count). The van der Waals surface area contributed by atoms with Crippen molar-refractivity contribution >= 4 is 5.69 Å². The molecular weight excluding hydrogens is 179 g/mol. The minimum atomic E-state index is -0.160. The third-order valence-corrected chi connectivity index (χ3v) is 2.55. The van der Waals surface area contributed by atoms with Crippen LogP contribution in [-0.2, 0) is 6.42 Å². The van der Waals surface area contributed by atoms with Gasteiger partial charge < -0.3 is 11.1 Å². The van der Waals surface area contributed by atoms with Crippen molar-refractivity contribution in [3.63, 3.8) is 0 Å². The van der Waals surface area contributed by atoms with Crippen LogP contribution in [0.2, 0.25) is 0 Å². The lowest BCUT2D eigenvalue weighted by atomic mass is 10.0. The van der Waals surface area contributed by atoms with Gasteiger partial charge in [0.25, 0.3) is 0 Å². The Morgan fingerprint density at radius 1 is 1.64 bits per heavy atom. The molecule has 3 N–H and O–H groups in total. The van der Waals surface area contributed by atoms with Crippen molar-refractivity contribution in [1.82, 2.24) is 0 Å². The van der Waals surface area contributed by atoms with E-state index in [2.05, 4.69) is 5.32 Å². The molecule has 1 aromatic carbocycles. The first-order chi connectivity index (χ1) is 6.65. The van der Waals surface area contributed by atoms with E-state index in [1.165, 1.54) is 6.07 Å². The molecule has 2 unspecified atom stereocenters. The van der Waals surface area contributed by atoms with E-state index >= 15 is 0 Å². The first kappa shape index (κ1) is 9.46. The second-order valence-corrected chi connectivity index (χ2v) is 4.06. The van der Waals surface area contributed by atoms with Crippen molar-refractivity contribution in [3.8, 4) is 0 Å². The van der Waals surface area contributed by atoms with Crippen LogP contribution < -0.4 is 11.1 Å². The number of halogens is 1. The van der Waals surface area contributed by atoms with Gasteiger partial charge in [-0.15, -0.1) is 0 Å². The van der Waals surface area contributed by atoms with Crippen molar-refractivity contribution < 1.29 is 4.39 Å². The number of hydrogen-bond donors (Lipinski definition) is 2. The third-order valence-electron chi connectivity index (χ3n) is 2.55. The van der Waals surface area contributed by atoms with Gasteiger partial charge in [-0.2, -0.15) is 0 Å². The minimum Gasteiger partial charge on any atom is -0.382 e. The van der Waals surface area contributed by atoms with E-state index in [-0.39, 0.29) is 11.9 Å². The highest BCUT2D eigenvalue weighted by molar-refractivity contribution is 5.56. The van der Waals surface area contributed by atoms with Crippen LogP contribution in [0.1, 0.15) is 18.9 Å². The predicted octanol–water partition coefficient (Wildman–Crippen LogP) is 1.90. The molecule has 0 saturated carbocycles. The Balaban J connectivity index is 2.10. The topological polar surface area (TPSA) is 38.0 Å². The molecule has 0 radical (unpaired) electrons. The average Bonchev–Trinajstić information content (AvgIpc) is 2.44.